The van der Waals surface area contributed by atoms with Gasteiger partial charge in [0.05, 0.1) is 31.7 Å². The van der Waals surface area contributed by atoms with Crippen molar-refractivity contribution in [2.45, 2.75) is 26.7 Å². The molecule has 0 aromatic heterocycles. The summed E-state index contributed by atoms with van der Waals surface area (Å²) in [6.07, 6.45) is 4.59. The van der Waals surface area contributed by atoms with Crippen molar-refractivity contribution in [2.24, 2.45) is 0 Å². The molecule has 0 aliphatic heterocycles. The molecule has 0 aliphatic carbocycles. The van der Waals surface area contributed by atoms with E-state index in [1.54, 1.807) is 43.1 Å². The van der Waals surface area contributed by atoms with Crippen molar-refractivity contribution in [1.29, 1.82) is 0 Å². The molecular formula is C24H30N2O5. The molecule has 0 fully saturated rings. The van der Waals surface area contributed by atoms with E-state index >= 15 is 0 Å². The number of methoxy groups -OCH3 is 1. The van der Waals surface area contributed by atoms with Crippen LogP contribution in [0.5, 0.6) is 11.5 Å². The van der Waals surface area contributed by atoms with Gasteiger partial charge in [-0.2, -0.15) is 0 Å². The van der Waals surface area contributed by atoms with E-state index in [4.69, 9.17) is 19.9 Å². The molecule has 31 heavy (non-hydrogen) atoms. The van der Waals surface area contributed by atoms with Gasteiger partial charge in [-0.05, 0) is 62.6 Å². The van der Waals surface area contributed by atoms with E-state index in [0.717, 1.165) is 12.0 Å². The van der Waals surface area contributed by atoms with E-state index in [-0.39, 0.29) is 11.9 Å². The van der Waals surface area contributed by atoms with E-state index in [2.05, 4.69) is 0 Å². The maximum atomic E-state index is 13.0. The highest BCUT2D eigenvalue weighted by Crippen LogP contribution is 2.31. The molecule has 1 amide bonds. The van der Waals surface area contributed by atoms with Gasteiger partial charge in [0, 0.05) is 18.7 Å². The predicted molar refractivity (Wildman–Crippen MR) is 122 cm³/mol. The third-order valence-electron chi connectivity index (χ3n) is 4.57. The molecule has 0 heterocycles. The summed E-state index contributed by atoms with van der Waals surface area (Å²) in [5.74, 6) is 0.524. The van der Waals surface area contributed by atoms with E-state index in [0.29, 0.717) is 48.1 Å². The van der Waals surface area contributed by atoms with Gasteiger partial charge >= 0.3 is 5.97 Å². The van der Waals surface area contributed by atoms with Crippen LogP contribution in [0.1, 0.15) is 35.7 Å². The number of nitrogens with two attached hydrogens (primary N) is 1. The molecule has 7 nitrogen and oxygen atoms in total. The monoisotopic (exact) mass is 426 g/mol. The zero-order chi connectivity index (χ0) is 22.8. The average molecular weight is 427 g/mol. The lowest BCUT2D eigenvalue weighted by atomic mass is 10.1. The average Bonchev–Trinajstić information content (AvgIpc) is 2.75. The number of amides is 1. The largest absolute Gasteiger partial charge is 0.495 e. The van der Waals surface area contributed by atoms with Crippen LogP contribution < -0.4 is 20.1 Å². The highest BCUT2D eigenvalue weighted by Gasteiger charge is 2.18. The van der Waals surface area contributed by atoms with Crippen LogP contribution in [-0.2, 0) is 9.53 Å². The molecule has 0 aliphatic rings. The van der Waals surface area contributed by atoms with Crippen molar-refractivity contribution in [1.82, 2.24) is 0 Å². The van der Waals surface area contributed by atoms with Crippen LogP contribution in [0.15, 0.2) is 48.6 Å². The Morgan fingerprint density at radius 1 is 1.13 bits per heavy atom. The fourth-order valence-corrected chi connectivity index (χ4v) is 2.91. The zero-order valence-corrected chi connectivity index (χ0v) is 18.5. The lowest BCUT2D eigenvalue weighted by Gasteiger charge is -2.22. The van der Waals surface area contributed by atoms with Crippen molar-refractivity contribution in [2.75, 3.05) is 38.0 Å². The number of hydrogen-bond acceptors (Lipinski definition) is 6. The molecule has 2 N–H and O–H groups in total. The number of anilines is 2. The van der Waals surface area contributed by atoms with Crippen molar-refractivity contribution in [3.8, 4) is 11.5 Å². The quantitative estimate of drug-likeness (QED) is 0.266. The first kappa shape index (κ1) is 23.8. The highest BCUT2D eigenvalue weighted by atomic mass is 16.5. The van der Waals surface area contributed by atoms with Gasteiger partial charge in [-0.1, -0.05) is 12.1 Å². The number of carbonyl (C=O) groups excluding carboxylic acids is 2. The molecule has 2 rings (SSSR count). The Kier molecular flexibility index (Phi) is 8.94. The van der Waals surface area contributed by atoms with Crippen LogP contribution in [0, 0.1) is 6.92 Å². The smallest absolute Gasteiger partial charge is 0.330 e. The molecule has 0 saturated heterocycles. The molecular weight excluding hydrogens is 396 g/mol. The number of aryl methyl sites for hydroxylation is 1. The number of nitrogen functional groups attached to an aromatic ring is 1. The number of carbonyl (C=O) groups is 2. The maximum absolute atomic E-state index is 13.0. The molecule has 2 aromatic rings. The van der Waals surface area contributed by atoms with E-state index in [1.165, 1.54) is 13.2 Å². The highest BCUT2D eigenvalue weighted by molar-refractivity contribution is 6.07. The second kappa shape index (κ2) is 11.6. The summed E-state index contributed by atoms with van der Waals surface area (Å²) in [5, 5.41) is 0. The molecule has 0 radical (unpaired) electrons. The van der Waals surface area contributed by atoms with Crippen molar-refractivity contribution in [3.63, 3.8) is 0 Å². The number of hydrogen-bond donors (Lipinski definition) is 1. The number of benzene rings is 2. The Morgan fingerprint density at radius 2 is 1.90 bits per heavy atom. The Morgan fingerprint density at radius 3 is 2.61 bits per heavy atom. The van der Waals surface area contributed by atoms with Gasteiger partial charge in [0.15, 0.2) is 0 Å². The Labute approximate surface area is 183 Å². The molecule has 7 heteroatoms. The van der Waals surface area contributed by atoms with Crippen molar-refractivity contribution >= 4 is 23.3 Å². The first-order chi connectivity index (χ1) is 14.9. The fraction of sp³-hybridized carbons (Fsp3) is 0.333. The minimum absolute atomic E-state index is 0.204. The first-order valence-electron chi connectivity index (χ1n) is 10.2. The summed E-state index contributed by atoms with van der Waals surface area (Å²) >= 11 is 0. The number of allylic oxidation sites excluding steroid dienone is 1. The van der Waals surface area contributed by atoms with Crippen LogP contribution >= 0.6 is 0 Å². The van der Waals surface area contributed by atoms with Crippen LogP contribution in [0.4, 0.5) is 11.4 Å². The van der Waals surface area contributed by atoms with Gasteiger partial charge in [0.1, 0.15) is 11.5 Å². The number of ether oxygens (including phenoxy) is 3. The Bertz CT molecular complexity index is 940. The molecule has 2 aromatic carbocycles. The first-order valence-corrected chi connectivity index (χ1v) is 10.2. The topological polar surface area (TPSA) is 91.1 Å². The molecule has 0 saturated carbocycles. The normalized spacial score (nSPS) is 10.7. The summed E-state index contributed by atoms with van der Waals surface area (Å²) in [5.41, 5.74) is 8.47. The summed E-state index contributed by atoms with van der Waals surface area (Å²) < 4.78 is 16.0. The van der Waals surface area contributed by atoms with E-state index < -0.39 is 0 Å². The SMILES string of the molecule is CCOC(=O)C=CCCCOc1cc(C)ccc1N(C)C(=O)c1ccc(N)c(OC)c1. The van der Waals surface area contributed by atoms with Crippen LogP contribution in [-0.4, -0.2) is 39.2 Å². The second-order valence-corrected chi connectivity index (χ2v) is 6.94. The number of nitrogens with zero attached hydrogens (tertiary/aromatic N) is 1. The van der Waals surface area contributed by atoms with Gasteiger partial charge in [-0.15, -0.1) is 0 Å². The van der Waals surface area contributed by atoms with Crippen molar-refractivity contribution in [3.05, 3.63) is 59.7 Å². The van der Waals surface area contributed by atoms with Gasteiger partial charge in [-0.3, -0.25) is 4.79 Å². The Hall–Kier alpha value is -3.48. The molecule has 0 bridgehead atoms. The maximum Gasteiger partial charge on any atom is 0.330 e. The van der Waals surface area contributed by atoms with Crippen LogP contribution in [0.2, 0.25) is 0 Å². The number of unbranched alkanes of at least 4 members (excludes halogenated alkanes) is 1. The summed E-state index contributed by atoms with van der Waals surface area (Å²) in [6, 6.07) is 10.6. The molecule has 166 valence electrons. The minimum atomic E-state index is -0.344. The molecule has 0 atom stereocenters. The Balaban J connectivity index is 2.06. The lowest BCUT2D eigenvalue weighted by molar-refractivity contribution is -0.137. The third-order valence-corrected chi connectivity index (χ3v) is 4.57. The van der Waals surface area contributed by atoms with Crippen LogP contribution in [0.3, 0.4) is 0 Å². The zero-order valence-electron chi connectivity index (χ0n) is 18.5. The third kappa shape index (κ3) is 6.77. The van der Waals surface area contributed by atoms with Gasteiger partial charge in [0.2, 0.25) is 0 Å². The van der Waals surface area contributed by atoms with Gasteiger partial charge < -0.3 is 24.8 Å². The predicted octanol–water partition coefficient (Wildman–Crippen LogP) is 4.14. The van der Waals surface area contributed by atoms with Crippen LogP contribution in [0.25, 0.3) is 0 Å². The van der Waals surface area contributed by atoms with Crippen molar-refractivity contribution < 1.29 is 23.8 Å². The summed E-state index contributed by atoms with van der Waals surface area (Å²) in [6.45, 7) is 4.54. The fourth-order valence-electron chi connectivity index (χ4n) is 2.91. The minimum Gasteiger partial charge on any atom is -0.495 e. The number of esters is 1. The van der Waals surface area contributed by atoms with Gasteiger partial charge in [0.25, 0.3) is 5.91 Å². The molecule has 0 spiro atoms. The number of rotatable bonds is 10. The second-order valence-electron chi connectivity index (χ2n) is 6.94. The van der Waals surface area contributed by atoms with E-state index in [1.807, 2.05) is 25.1 Å². The summed E-state index contributed by atoms with van der Waals surface area (Å²) in [4.78, 5) is 25.9. The van der Waals surface area contributed by atoms with Gasteiger partial charge in [-0.25, -0.2) is 4.79 Å². The molecule has 0 unspecified atom stereocenters. The standard InChI is InChI=1S/C24H30N2O5/c1-5-30-23(27)9-7-6-8-14-31-22-15-17(2)10-13-20(22)26(3)24(28)18-11-12-19(25)21(16-18)29-4/h7,9-13,15-16H,5-6,8,14,25H2,1-4H3. The summed E-state index contributed by atoms with van der Waals surface area (Å²) in [7, 11) is 3.21. The lowest BCUT2D eigenvalue weighted by Crippen LogP contribution is -2.27. The van der Waals surface area contributed by atoms with E-state index in [9.17, 15) is 9.59 Å².